The summed E-state index contributed by atoms with van der Waals surface area (Å²) in [6.45, 7) is 0. The van der Waals surface area contributed by atoms with Gasteiger partial charge in [-0.15, -0.1) is 0 Å². The molecule has 4 aromatic carbocycles. The zero-order valence-electron chi connectivity index (χ0n) is 20.7. The Morgan fingerprint density at radius 1 is 0.789 bits per heavy atom. The Bertz CT molecular complexity index is 1660. The van der Waals surface area contributed by atoms with E-state index in [-0.39, 0.29) is 11.7 Å². The fourth-order valence-corrected chi connectivity index (χ4v) is 4.19. The van der Waals surface area contributed by atoms with Crippen LogP contribution in [0.15, 0.2) is 89.9 Å². The first-order valence-corrected chi connectivity index (χ1v) is 12.2. The number of hydrogen-bond acceptors (Lipinski definition) is 5. The van der Waals surface area contributed by atoms with Gasteiger partial charge in [-0.05, 0) is 65.9 Å². The number of aromatic nitrogens is 2. The van der Waals surface area contributed by atoms with Gasteiger partial charge >= 0.3 is 0 Å². The van der Waals surface area contributed by atoms with Crippen molar-refractivity contribution >= 4 is 40.3 Å². The summed E-state index contributed by atoms with van der Waals surface area (Å²) in [6, 6.07) is 27.4. The normalized spacial score (nSPS) is 11.3. The quantitative estimate of drug-likeness (QED) is 0.101. The molecule has 8 nitrogen and oxygen atoms in total. The molecule has 0 atom stereocenters. The van der Waals surface area contributed by atoms with Gasteiger partial charge < -0.3 is 22.2 Å². The largest absolute Gasteiger partial charge is 0.397 e. The van der Waals surface area contributed by atoms with Crippen LogP contribution < -0.4 is 17.2 Å². The average Bonchev–Trinajstić information content (AvgIpc) is 3.35. The highest BCUT2D eigenvalue weighted by molar-refractivity contribution is 5.98. The summed E-state index contributed by atoms with van der Waals surface area (Å²) in [6.07, 6.45) is 3.63. The van der Waals surface area contributed by atoms with Gasteiger partial charge in [0.2, 0.25) is 0 Å². The van der Waals surface area contributed by atoms with Crippen molar-refractivity contribution in [1.29, 1.82) is 10.8 Å². The van der Waals surface area contributed by atoms with Crippen LogP contribution in [0.4, 0.5) is 11.4 Å². The number of benzene rings is 4. The third-order valence-corrected chi connectivity index (χ3v) is 6.39. The van der Waals surface area contributed by atoms with Crippen molar-refractivity contribution in [1.82, 2.24) is 9.97 Å². The molecule has 1 aromatic heterocycles. The van der Waals surface area contributed by atoms with Gasteiger partial charge in [0.05, 0.1) is 22.4 Å². The number of hydrogen-bond donors (Lipinski definition) is 6. The molecule has 0 bridgehead atoms. The summed E-state index contributed by atoms with van der Waals surface area (Å²) >= 11 is 0. The number of aryl methyl sites for hydroxylation is 2. The lowest BCUT2D eigenvalue weighted by atomic mass is 10.0. The molecule has 0 radical (unpaired) electrons. The second-order valence-corrected chi connectivity index (χ2v) is 9.11. The summed E-state index contributed by atoms with van der Waals surface area (Å²) in [5.74, 6) is 0.814. The van der Waals surface area contributed by atoms with E-state index in [1.54, 1.807) is 24.4 Å². The van der Waals surface area contributed by atoms with Crippen molar-refractivity contribution in [3.8, 4) is 11.4 Å². The molecule has 8 heteroatoms. The molecule has 0 unspecified atom stereocenters. The Morgan fingerprint density at radius 3 is 2.03 bits per heavy atom. The molecular weight excluding hydrogens is 472 g/mol. The highest BCUT2D eigenvalue weighted by atomic mass is 14.9. The second-order valence-electron chi connectivity index (χ2n) is 9.11. The molecule has 5 aromatic rings. The Labute approximate surface area is 220 Å². The molecule has 0 saturated carbocycles. The van der Waals surface area contributed by atoms with E-state index < -0.39 is 0 Å². The monoisotopic (exact) mass is 500 g/mol. The van der Waals surface area contributed by atoms with Crippen LogP contribution in [-0.4, -0.2) is 27.9 Å². The van der Waals surface area contributed by atoms with Crippen LogP contribution in [0, 0.1) is 10.8 Å². The number of nitrogens with two attached hydrogens (primary N) is 3. The predicted octanol–water partition coefficient (Wildman–Crippen LogP) is 4.92. The smallest absolute Gasteiger partial charge is 0.138 e. The zero-order chi connectivity index (χ0) is 26.6. The topological polar surface area (TPSA) is 167 Å². The van der Waals surface area contributed by atoms with Gasteiger partial charge in [-0.2, -0.15) is 0 Å². The summed E-state index contributed by atoms with van der Waals surface area (Å²) in [7, 11) is 0. The first kappa shape index (κ1) is 24.5. The molecule has 9 N–H and O–H groups in total. The third kappa shape index (κ3) is 5.44. The van der Waals surface area contributed by atoms with E-state index in [0.717, 1.165) is 40.8 Å². The Hall–Kier alpha value is -5.24. The van der Waals surface area contributed by atoms with Crippen molar-refractivity contribution in [2.75, 3.05) is 5.73 Å². The lowest BCUT2D eigenvalue weighted by Crippen LogP contribution is -2.11. The number of nitrogens with zero attached hydrogens (tertiary/aromatic N) is 2. The van der Waals surface area contributed by atoms with Gasteiger partial charge in [0, 0.05) is 22.9 Å². The number of H-pyrrole nitrogens is 1. The highest BCUT2D eigenvalue weighted by Crippen LogP contribution is 2.24. The van der Waals surface area contributed by atoms with Crippen LogP contribution in [0.3, 0.4) is 0 Å². The van der Waals surface area contributed by atoms with Crippen molar-refractivity contribution in [3.05, 3.63) is 113 Å². The van der Waals surface area contributed by atoms with E-state index in [9.17, 15) is 0 Å². The highest BCUT2D eigenvalue weighted by Gasteiger charge is 2.08. The van der Waals surface area contributed by atoms with Gasteiger partial charge in [-0.25, -0.2) is 4.98 Å². The number of nitrogens with one attached hydrogen (secondary N) is 3. The third-order valence-electron chi connectivity index (χ3n) is 6.39. The van der Waals surface area contributed by atoms with Crippen LogP contribution >= 0.6 is 0 Å². The zero-order valence-corrected chi connectivity index (χ0v) is 20.7. The van der Waals surface area contributed by atoms with E-state index in [1.165, 1.54) is 11.1 Å². The van der Waals surface area contributed by atoms with Crippen molar-refractivity contribution < 1.29 is 0 Å². The molecule has 1 heterocycles. The standard InChI is InChI=1S/C30H28N8/c31-24-15-22(28(32)33)11-13-25(24)36-17-20-5-3-18(4-6-20)1-2-19-7-9-21(10-8-19)30-37-26-14-12-23(29(34)35)16-27(26)38-30/h3-17H,1-2,31H2,(H3,32,33)(H3,34,35)(H,37,38). The number of anilines is 1. The maximum atomic E-state index is 7.62. The number of imidazole rings is 1. The van der Waals surface area contributed by atoms with Crippen LogP contribution in [0.25, 0.3) is 22.4 Å². The van der Waals surface area contributed by atoms with E-state index >= 15 is 0 Å². The molecule has 0 fully saturated rings. The van der Waals surface area contributed by atoms with E-state index in [2.05, 4.69) is 51.4 Å². The molecule has 0 aliphatic rings. The van der Waals surface area contributed by atoms with E-state index in [4.69, 9.17) is 28.0 Å². The maximum absolute atomic E-state index is 7.62. The number of fused-ring (bicyclic) bond motifs is 1. The minimum absolute atomic E-state index is 0.0184. The molecule has 188 valence electrons. The molecule has 0 aliphatic heterocycles. The summed E-state index contributed by atoms with van der Waals surface area (Å²) in [4.78, 5) is 12.5. The Balaban J connectivity index is 1.20. The Morgan fingerprint density at radius 2 is 1.39 bits per heavy atom. The van der Waals surface area contributed by atoms with Gasteiger partial charge in [0.1, 0.15) is 17.5 Å². The molecule has 0 aliphatic carbocycles. The van der Waals surface area contributed by atoms with Gasteiger partial charge in [0.15, 0.2) is 0 Å². The molecule has 0 saturated heterocycles. The van der Waals surface area contributed by atoms with Crippen LogP contribution in [0.2, 0.25) is 0 Å². The molecule has 38 heavy (non-hydrogen) atoms. The van der Waals surface area contributed by atoms with E-state index in [1.807, 2.05) is 30.3 Å². The number of nitrogen functional groups attached to an aromatic ring is 3. The van der Waals surface area contributed by atoms with Crippen molar-refractivity contribution in [2.24, 2.45) is 16.5 Å². The van der Waals surface area contributed by atoms with Crippen LogP contribution in [0.5, 0.6) is 0 Å². The SMILES string of the molecule is N=C(N)c1ccc(N=Cc2ccc(CCc3ccc(-c4nc5ccc(C(=N)N)cc5[nH]4)cc3)cc2)c(N)c1. The fraction of sp³-hybridized carbons (Fsp3) is 0.0667. The lowest BCUT2D eigenvalue weighted by Gasteiger charge is -2.05. The van der Waals surface area contributed by atoms with Crippen LogP contribution in [0.1, 0.15) is 27.8 Å². The van der Waals surface area contributed by atoms with Crippen LogP contribution in [-0.2, 0) is 12.8 Å². The van der Waals surface area contributed by atoms with Gasteiger partial charge in [-0.1, -0.05) is 48.5 Å². The molecule has 0 amide bonds. The van der Waals surface area contributed by atoms with Crippen molar-refractivity contribution in [2.45, 2.75) is 12.8 Å². The number of aliphatic imine (C=N–C) groups is 1. The summed E-state index contributed by atoms with van der Waals surface area (Å²) in [5, 5.41) is 15.1. The summed E-state index contributed by atoms with van der Waals surface area (Å²) < 4.78 is 0. The van der Waals surface area contributed by atoms with Crippen molar-refractivity contribution in [3.63, 3.8) is 0 Å². The lowest BCUT2D eigenvalue weighted by molar-refractivity contribution is 0.960. The van der Waals surface area contributed by atoms with Gasteiger partial charge in [0.25, 0.3) is 0 Å². The number of rotatable bonds is 8. The van der Waals surface area contributed by atoms with Gasteiger partial charge in [-0.3, -0.25) is 15.8 Å². The summed E-state index contributed by atoms with van der Waals surface area (Å²) in [5.41, 5.74) is 25.7. The number of amidine groups is 2. The maximum Gasteiger partial charge on any atom is 0.138 e. The predicted molar refractivity (Wildman–Crippen MR) is 156 cm³/mol. The second kappa shape index (κ2) is 10.4. The van der Waals surface area contributed by atoms with E-state index in [0.29, 0.717) is 22.5 Å². The molecule has 0 spiro atoms. The Kier molecular flexibility index (Phi) is 6.69. The minimum atomic E-state index is -0.0184. The average molecular weight is 501 g/mol. The number of aromatic amines is 1. The fourth-order valence-electron chi connectivity index (χ4n) is 4.19. The molecule has 5 rings (SSSR count). The first-order chi connectivity index (χ1) is 18.4. The minimum Gasteiger partial charge on any atom is -0.397 e. The molecular formula is C30H28N8. The first-order valence-electron chi connectivity index (χ1n) is 12.2.